The van der Waals surface area contributed by atoms with Crippen molar-refractivity contribution >= 4 is 15.9 Å². The largest absolute Gasteiger partial charge is 0.419 e. The molecule has 0 spiro atoms. The van der Waals surface area contributed by atoms with E-state index in [1.54, 1.807) is 0 Å². The van der Waals surface area contributed by atoms with Crippen LogP contribution in [0.2, 0.25) is 0 Å². The van der Waals surface area contributed by atoms with Gasteiger partial charge in [-0.05, 0) is 51.5 Å². The van der Waals surface area contributed by atoms with Gasteiger partial charge in [0.1, 0.15) is 0 Å². The number of hydrogen-bond acceptors (Lipinski definition) is 4. The van der Waals surface area contributed by atoms with Gasteiger partial charge < -0.3 is 9.73 Å². The molecule has 2 rings (SSSR count). The Labute approximate surface area is 121 Å². The molecule has 5 heteroatoms. The van der Waals surface area contributed by atoms with Gasteiger partial charge in [0.2, 0.25) is 11.8 Å². The number of hydrogen-bond donors (Lipinski definition) is 1. The first-order chi connectivity index (χ1) is 8.85. The highest BCUT2D eigenvalue weighted by atomic mass is 79.9. The second-order valence-electron chi connectivity index (χ2n) is 5.56. The second kappa shape index (κ2) is 5.43. The van der Waals surface area contributed by atoms with Gasteiger partial charge in [0, 0.05) is 15.6 Å². The summed E-state index contributed by atoms with van der Waals surface area (Å²) in [6, 6.07) is 5.99. The van der Waals surface area contributed by atoms with E-state index in [9.17, 15) is 0 Å². The number of aryl methyl sites for hydroxylation is 1. The maximum absolute atomic E-state index is 5.69. The van der Waals surface area contributed by atoms with Gasteiger partial charge in [-0.2, -0.15) is 0 Å². The first-order valence-electron chi connectivity index (χ1n) is 6.19. The second-order valence-corrected chi connectivity index (χ2v) is 6.48. The van der Waals surface area contributed by atoms with E-state index in [0.29, 0.717) is 18.3 Å². The number of nitrogens with one attached hydrogen (secondary N) is 1. The molecule has 0 amide bonds. The molecule has 0 radical (unpaired) electrons. The molecule has 0 saturated heterocycles. The topological polar surface area (TPSA) is 51.0 Å². The molecule has 0 aliphatic carbocycles. The minimum Gasteiger partial charge on any atom is -0.419 e. The van der Waals surface area contributed by atoms with E-state index in [4.69, 9.17) is 4.42 Å². The van der Waals surface area contributed by atoms with Crippen molar-refractivity contribution in [3.8, 4) is 11.5 Å². The zero-order chi connectivity index (χ0) is 14.0. The molecule has 1 N–H and O–H groups in total. The number of halogens is 1. The summed E-state index contributed by atoms with van der Waals surface area (Å²) >= 11 is 3.44. The molecular formula is C14H18BrN3O. The summed E-state index contributed by atoms with van der Waals surface area (Å²) in [5.41, 5.74) is 2.10. The lowest BCUT2D eigenvalue weighted by Gasteiger charge is -2.18. The number of nitrogens with zero attached hydrogens (tertiary/aromatic N) is 2. The van der Waals surface area contributed by atoms with Crippen LogP contribution in [0.3, 0.4) is 0 Å². The fourth-order valence-corrected chi connectivity index (χ4v) is 2.12. The van der Waals surface area contributed by atoms with Crippen molar-refractivity contribution in [3.05, 3.63) is 34.1 Å². The monoisotopic (exact) mass is 323 g/mol. The van der Waals surface area contributed by atoms with Crippen LogP contribution in [0.25, 0.3) is 11.5 Å². The maximum Gasteiger partial charge on any atom is 0.248 e. The molecular weight excluding hydrogens is 306 g/mol. The molecule has 0 fully saturated rings. The van der Waals surface area contributed by atoms with Gasteiger partial charge in [-0.3, -0.25) is 0 Å². The van der Waals surface area contributed by atoms with Gasteiger partial charge in [0.15, 0.2) is 0 Å². The van der Waals surface area contributed by atoms with Crippen LogP contribution in [0.4, 0.5) is 0 Å². The van der Waals surface area contributed by atoms with Crippen molar-refractivity contribution < 1.29 is 4.42 Å². The predicted octanol–water partition coefficient (Wildman–Crippen LogP) is 3.70. The summed E-state index contributed by atoms with van der Waals surface area (Å²) in [6.45, 7) is 8.90. The molecule has 1 heterocycles. The molecule has 0 aliphatic rings. The predicted molar refractivity (Wildman–Crippen MR) is 78.8 cm³/mol. The van der Waals surface area contributed by atoms with Crippen molar-refractivity contribution in [2.45, 2.75) is 39.8 Å². The van der Waals surface area contributed by atoms with E-state index in [0.717, 1.165) is 15.6 Å². The van der Waals surface area contributed by atoms with E-state index in [1.807, 2.05) is 25.1 Å². The summed E-state index contributed by atoms with van der Waals surface area (Å²) in [6.07, 6.45) is 0. The van der Waals surface area contributed by atoms with Crippen molar-refractivity contribution in [1.82, 2.24) is 15.5 Å². The first-order valence-corrected chi connectivity index (χ1v) is 6.98. The molecule has 1 aromatic carbocycles. The maximum atomic E-state index is 5.69. The van der Waals surface area contributed by atoms with Crippen LogP contribution < -0.4 is 5.32 Å². The van der Waals surface area contributed by atoms with Crippen molar-refractivity contribution in [2.24, 2.45) is 0 Å². The van der Waals surface area contributed by atoms with E-state index < -0.39 is 0 Å². The fraction of sp³-hybridized carbons (Fsp3) is 0.429. The van der Waals surface area contributed by atoms with Gasteiger partial charge in [0.05, 0.1) is 6.54 Å². The molecule has 0 atom stereocenters. The van der Waals surface area contributed by atoms with E-state index in [-0.39, 0.29) is 5.54 Å². The molecule has 2 aromatic rings. The van der Waals surface area contributed by atoms with Crippen LogP contribution in [0.15, 0.2) is 27.1 Å². The lowest BCUT2D eigenvalue weighted by molar-refractivity contribution is 0.383. The summed E-state index contributed by atoms with van der Waals surface area (Å²) < 4.78 is 6.73. The van der Waals surface area contributed by atoms with Crippen LogP contribution in [-0.2, 0) is 6.54 Å². The Hall–Kier alpha value is -1.20. The lowest BCUT2D eigenvalue weighted by Crippen LogP contribution is -2.35. The SMILES string of the molecule is Cc1cc(Br)ccc1-c1nnc(CNC(C)(C)C)o1. The van der Waals surface area contributed by atoms with Crippen LogP contribution in [0.5, 0.6) is 0 Å². The van der Waals surface area contributed by atoms with Crippen molar-refractivity contribution in [3.63, 3.8) is 0 Å². The van der Waals surface area contributed by atoms with Crippen LogP contribution in [-0.4, -0.2) is 15.7 Å². The number of benzene rings is 1. The standard InChI is InChI=1S/C14H18BrN3O/c1-9-7-10(15)5-6-11(9)13-18-17-12(19-13)8-16-14(2,3)4/h5-7,16H,8H2,1-4H3. The quantitative estimate of drug-likeness (QED) is 0.935. The van der Waals surface area contributed by atoms with Crippen molar-refractivity contribution in [1.29, 1.82) is 0 Å². The van der Waals surface area contributed by atoms with E-state index >= 15 is 0 Å². The summed E-state index contributed by atoms with van der Waals surface area (Å²) in [5, 5.41) is 11.5. The lowest BCUT2D eigenvalue weighted by atomic mass is 10.1. The van der Waals surface area contributed by atoms with E-state index in [1.165, 1.54) is 0 Å². The van der Waals surface area contributed by atoms with Gasteiger partial charge in [0.25, 0.3) is 0 Å². The Morgan fingerprint density at radius 1 is 1.26 bits per heavy atom. The Bertz CT molecular complexity index is 572. The molecule has 0 bridgehead atoms. The average Bonchev–Trinajstić information content (AvgIpc) is 2.74. The van der Waals surface area contributed by atoms with E-state index in [2.05, 4.69) is 52.2 Å². The minimum atomic E-state index is 0.0299. The van der Waals surface area contributed by atoms with Gasteiger partial charge in [-0.25, -0.2) is 0 Å². The van der Waals surface area contributed by atoms with Gasteiger partial charge >= 0.3 is 0 Å². The van der Waals surface area contributed by atoms with Gasteiger partial charge in [-0.15, -0.1) is 10.2 Å². The summed E-state index contributed by atoms with van der Waals surface area (Å²) in [7, 11) is 0. The summed E-state index contributed by atoms with van der Waals surface area (Å²) in [4.78, 5) is 0. The third-order valence-electron chi connectivity index (χ3n) is 2.66. The van der Waals surface area contributed by atoms with Crippen LogP contribution >= 0.6 is 15.9 Å². The zero-order valence-electron chi connectivity index (χ0n) is 11.6. The molecule has 102 valence electrons. The molecule has 1 aromatic heterocycles. The molecule has 0 unspecified atom stereocenters. The third kappa shape index (κ3) is 3.88. The van der Waals surface area contributed by atoms with Crippen molar-refractivity contribution in [2.75, 3.05) is 0 Å². The van der Waals surface area contributed by atoms with Gasteiger partial charge in [-0.1, -0.05) is 15.9 Å². The Kier molecular flexibility index (Phi) is 4.06. The molecule has 0 saturated carbocycles. The Morgan fingerprint density at radius 2 is 2.00 bits per heavy atom. The highest BCUT2D eigenvalue weighted by molar-refractivity contribution is 9.10. The zero-order valence-corrected chi connectivity index (χ0v) is 13.2. The molecule has 4 nitrogen and oxygen atoms in total. The number of rotatable bonds is 3. The fourth-order valence-electron chi connectivity index (χ4n) is 1.64. The normalized spacial score (nSPS) is 11.8. The highest BCUT2D eigenvalue weighted by Crippen LogP contribution is 2.25. The highest BCUT2D eigenvalue weighted by Gasteiger charge is 2.14. The smallest absolute Gasteiger partial charge is 0.248 e. The first kappa shape index (κ1) is 14.2. The Balaban J connectivity index is 2.16. The van der Waals surface area contributed by atoms with Crippen LogP contribution in [0.1, 0.15) is 32.2 Å². The number of aromatic nitrogens is 2. The average molecular weight is 324 g/mol. The minimum absolute atomic E-state index is 0.0299. The summed E-state index contributed by atoms with van der Waals surface area (Å²) in [5.74, 6) is 1.17. The van der Waals surface area contributed by atoms with Crippen LogP contribution in [0, 0.1) is 6.92 Å². The third-order valence-corrected chi connectivity index (χ3v) is 3.15. The molecule has 0 aliphatic heterocycles. The Morgan fingerprint density at radius 3 is 2.63 bits per heavy atom. The molecule has 19 heavy (non-hydrogen) atoms.